The van der Waals surface area contributed by atoms with Crippen LogP contribution in [0.5, 0.6) is 5.75 Å². The van der Waals surface area contributed by atoms with Gasteiger partial charge in [-0.3, -0.25) is 4.70 Å². The number of hydrogen-bond donors (Lipinski definition) is 0. The van der Waals surface area contributed by atoms with E-state index in [-0.39, 0.29) is 4.70 Å². The zero-order valence-electron chi connectivity index (χ0n) is 10.3. The van der Waals surface area contributed by atoms with Gasteiger partial charge in [0.1, 0.15) is 6.61 Å². The molecule has 17 heavy (non-hydrogen) atoms. The second-order valence-corrected chi connectivity index (χ2v) is 5.01. The molecule has 4 heteroatoms. The van der Waals surface area contributed by atoms with E-state index in [1.165, 1.54) is 18.4 Å². The normalized spacial score (nSPS) is 21.6. The number of aromatic nitrogens is 1. The minimum absolute atomic E-state index is 0. The minimum Gasteiger partial charge on any atom is -0.487 e. The largest absolute Gasteiger partial charge is 0.487 e. The SMILES string of the molecule is CC(C)c1ccnc2c1OC[C@H]1CCCN21.F. The number of ether oxygens (including phenoxy) is 1. The molecular formula is C13H19FN2O. The number of hydrogen-bond acceptors (Lipinski definition) is 3. The highest BCUT2D eigenvalue weighted by atomic mass is 19.0. The predicted octanol–water partition coefficient (Wildman–Crippen LogP) is 2.72. The van der Waals surface area contributed by atoms with Crippen molar-refractivity contribution in [3.05, 3.63) is 17.8 Å². The molecule has 1 saturated heterocycles. The maximum absolute atomic E-state index is 5.93. The van der Waals surface area contributed by atoms with Crippen molar-refractivity contribution in [1.82, 2.24) is 4.98 Å². The highest BCUT2D eigenvalue weighted by Crippen LogP contribution is 2.40. The maximum Gasteiger partial charge on any atom is 0.172 e. The number of fused-ring (bicyclic) bond motifs is 3. The quantitative estimate of drug-likeness (QED) is 0.752. The van der Waals surface area contributed by atoms with E-state index < -0.39 is 0 Å². The van der Waals surface area contributed by atoms with E-state index in [9.17, 15) is 0 Å². The Kier molecular flexibility index (Phi) is 3.22. The molecular weight excluding hydrogens is 219 g/mol. The average molecular weight is 238 g/mol. The molecule has 0 unspecified atom stereocenters. The highest BCUT2D eigenvalue weighted by Gasteiger charge is 2.33. The lowest BCUT2D eigenvalue weighted by atomic mass is 10.0. The Balaban J connectivity index is 0.00000108. The predicted molar refractivity (Wildman–Crippen MR) is 66.7 cm³/mol. The second kappa shape index (κ2) is 4.51. The van der Waals surface area contributed by atoms with Gasteiger partial charge in [-0.15, -0.1) is 0 Å². The molecule has 1 aromatic heterocycles. The molecule has 0 aromatic carbocycles. The Morgan fingerprint density at radius 2 is 2.29 bits per heavy atom. The van der Waals surface area contributed by atoms with Crippen molar-refractivity contribution in [1.29, 1.82) is 0 Å². The van der Waals surface area contributed by atoms with Crippen LogP contribution in [0, 0.1) is 0 Å². The van der Waals surface area contributed by atoms with E-state index in [4.69, 9.17) is 4.74 Å². The lowest BCUT2D eigenvalue weighted by Gasteiger charge is -2.33. The van der Waals surface area contributed by atoms with Crippen molar-refractivity contribution < 1.29 is 9.44 Å². The zero-order chi connectivity index (χ0) is 11.1. The summed E-state index contributed by atoms with van der Waals surface area (Å²) in [5.41, 5.74) is 1.29. The van der Waals surface area contributed by atoms with E-state index in [0.29, 0.717) is 12.0 Å². The van der Waals surface area contributed by atoms with Gasteiger partial charge < -0.3 is 9.64 Å². The van der Waals surface area contributed by atoms with E-state index in [0.717, 1.165) is 24.7 Å². The molecule has 2 aliphatic rings. The number of anilines is 1. The van der Waals surface area contributed by atoms with Crippen LogP contribution >= 0.6 is 0 Å². The van der Waals surface area contributed by atoms with Crippen molar-refractivity contribution in [3.8, 4) is 5.75 Å². The van der Waals surface area contributed by atoms with Crippen molar-refractivity contribution in [2.24, 2.45) is 0 Å². The fraction of sp³-hybridized carbons (Fsp3) is 0.615. The lowest BCUT2D eigenvalue weighted by molar-refractivity contribution is 0.266. The molecule has 1 fully saturated rings. The molecule has 0 spiro atoms. The van der Waals surface area contributed by atoms with Crippen molar-refractivity contribution in [2.75, 3.05) is 18.1 Å². The Hall–Kier alpha value is -1.32. The average Bonchev–Trinajstić information content (AvgIpc) is 2.76. The molecule has 0 radical (unpaired) electrons. The first-order valence-corrected chi connectivity index (χ1v) is 6.15. The Bertz CT molecular complexity index is 408. The molecule has 1 aromatic rings. The third-order valence-electron chi connectivity index (χ3n) is 3.61. The summed E-state index contributed by atoms with van der Waals surface area (Å²) in [4.78, 5) is 6.93. The molecule has 3 rings (SSSR count). The van der Waals surface area contributed by atoms with Crippen LogP contribution in [0.2, 0.25) is 0 Å². The van der Waals surface area contributed by atoms with E-state index in [1.807, 2.05) is 6.20 Å². The van der Waals surface area contributed by atoms with Crippen LogP contribution in [0.3, 0.4) is 0 Å². The molecule has 0 amide bonds. The summed E-state index contributed by atoms with van der Waals surface area (Å²) in [6.45, 7) is 6.37. The van der Waals surface area contributed by atoms with Crippen LogP contribution in [-0.2, 0) is 0 Å². The molecule has 2 aliphatic heterocycles. The van der Waals surface area contributed by atoms with Gasteiger partial charge in [-0.25, -0.2) is 4.98 Å². The molecule has 0 N–H and O–H groups in total. The monoisotopic (exact) mass is 238 g/mol. The number of nitrogens with zero attached hydrogens (tertiary/aromatic N) is 2. The summed E-state index contributed by atoms with van der Waals surface area (Å²) in [7, 11) is 0. The Morgan fingerprint density at radius 3 is 3.06 bits per heavy atom. The smallest absolute Gasteiger partial charge is 0.172 e. The van der Waals surface area contributed by atoms with Gasteiger partial charge in [0.2, 0.25) is 0 Å². The summed E-state index contributed by atoms with van der Waals surface area (Å²) in [6.07, 6.45) is 4.42. The number of rotatable bonds is 1. The van der Waals surface area contributed by atoms with Crippen molar-refractivity contribution >= 4 is 5.82 Å². The summed E-state index contributed by atoms with van der Waals surface area (Å²) in [5, 5.41) is 0. The summed E-state index contributed by atoms with van der Waals surface area (Å²) in [6, 6.07) is 2.64. The second-order valence-electron chi connectivity index (χ2n) is 5.01. The van der Waals surface area contributed by atoms with E-state index in [1.54, 1.807) is 0 Å². The zero-order valence-corrected chi connectivity index (χ0v) is 10.3. The molecule has 1 atom stereocenters. The molecule has 0 aliphatic carbocycles. The molecule has 3 heterocycles. The van der Waals surface area contributed by atoms with Crippen LogP contribution in [0.25, 0.3) is 0 Å². The minimum atomic E-state index is 0. The van der Waals surface area contributed by atoms with Gasteiger partial charge >= 0.3 is 0 Å². The first-order chi connectivity index (χ1) is 7.77. The fourth-order valence-corrected chi connectivity index (χ4v) is 2.73. The topological polar surface area (TPSA) is 25.4 Å². The van der Waals surface area contributed by atoms with Gasteiger partial charge in [0, 0.05) is 18.3 Å². The van der Waals surface area contributed by atoms with Gasteiger partial charge in [-0.2, -0.15) is 0 Å². The Labute approximate surface area is 101 Å². The fourth-order valence-electron chi connectivity index (χ4n) is 2.73. The van der Waals surface area contributed by atoms with Gasteiger partial charge in [0.15, 0.2) is 11.6 Å². The molecule has 0 saturated carbocycles. The van der Waals surface area contributed by atoms with E-state index in [2.05, 4.69) is 29.8 Å². The maximum atomic E-state index is 5.93. The van der Waals surface area contributed by atoms with Crippen molar-refractivity contribution in [3.63, 3.8) is 0 Å². The summed E-state index contributed by atoms with van der Waals surface area (Å²) in [5.74, 6) is 2.59. The summed E-state index contributed by atoms with van der Waals surface area (Å²) >= 11 is 0. The first kappa shape index (κ1) is 12.1. The van der Waals surface area contributed by atoms with Gasteiger partial charge in [0.25, 0.3) is 0 Å². The van der Waals surface area contributed by atoms with Crippen LogP contribution < -0.4 is 9.64 Å². The third kappa shape index (κ3) is 1.85. The van der Waals surface area contributed by atoms with Crippen LogP contribution in [0.1, 0.15) is 38.2 Å². The van der Waals surface area contributed by atoms with Crippen LogP contribution in [-0.4, -0.2) is 24.2 Å². The first-order valence-electron chi connectivity index (χ1n) is 6.15. The van der Waals surface area contributed by atoms with Crippen LogP contribution in [0.15, 0.2) is 12.3 Å². The summed E-state index contributed by atoms with van der Waals surface area (Å²) < 4.78 is 5.93. The van der Waals surface area contributed by atoms with Crippen molar-refractivity contribution in [2.45, 2.75) is 38.6 Å². The standard InChI is InChI=1S/C13H18N2O.FH/c1-9(2)11-5-6-14-13-12(11)16-8-10-4-3-7-15(10)13;/h5-6,9-10H,3-4,7-8H2,1-2H3;1H/t10-;/m1./s1. The van der Waals surface area contributed by atoms with E-state index >= 15 is 0 Å². The molecule has 3 nitrogen and oxygen atoms in total. The Morgan fingerprint density at radius 1 is 1.47 bits per heavy atom. The third-order valence-corrected chi connectivity index (χ3v) is 3.61. The number of halogens is 1. The molecule has 0 bridgehead atoms. The van der Waals surface area contributed by atoms with Gasteiger partial charge in [0.05, 0.1) is 6.04 Å². The lowest BCUT2D eigenvalue weighted by Crippen LogP contribution is -2.39. The number of pyridine rings is 1. The van der Waals surface area contributed by atoms with Crippen LogP contribution in [0.4, 0.5) is 10.5 Å². The highest BCUT2D eigenvalue weighted by molar-refractivity contribution is 5.60. The van der Waals surface area contributed by atoms with Gasteiger partial charge in [-0.05, 0) is 24.8 Å². The van der Waals surface area contributed by atoms with Gasteiger partial charge in [-0.1, -0.05) is 13.8 Å². The molecule has 94 valence electrons.